The number of amides is 1. The number of benzene rings is 2. The molecular formula is C20H24ClNO2S. The van der Waals surface area contributed by atoms with E-state index in [9.17, 15) is 9.90 Å². The highest BCUT2D eigenvalue weighted by Crippen LogP contribution is 2.30. The van der Waals surface area contributed by atoms with Crippen molar-refractivity contribution in [2.45, 2.75) is 38.9 Å². The molecule has 0 fully saturated rings. The standard InChI is InChI=1S/C20H24ClNO2S/c1-12(2)16-7-14(4-5-19(16)23)8-17-13(3)6-15(9-18(17)21)10-25-11-20(22)24/h4-7,9,12,23H,8,10-11H2,1-3H3,(H2,22,24). The first kappa shape index (κ1) is 19.7. The molecule has 0 saturated heterocycles. The molecule has 25 heavy (non-hydrogen) atoms. The van der Waals surface area contributed by atoms with Crippen molar-refractivity contribution in [3.8, 4) is 5.75 Å². The number of rotatable bonds is 7. The SMILES string of the molecule is Cc1cc(CSCC(N)=O)cc(Cl)c1Cc1ccc(O)c(C(C)C)c1. The van der Waals surface area contributed by atoms with Gasteiger partial charge in [-0.25, -0.2) is 0 Å². The Hall–Kier alpha value is -1.65. The van der Waals surface area contributed by atoms with Gasteiger partial charge in [-0.05, 0) is 59.2 Å². The summed E-state index contributed by atoms with van der Waals surface area (Å²) in [5.41, 5.74) is 10.5. The monoisotopic (exact) mass is 377 g/mol. The molecule has 0 heterocycles. The fourth-order valence-electron chi connectivity index (χ4n) is 2.80. The molecule has 2 aromatic rings. The lowest BCUT2D eigenvalue weighted by atomic mass is 9.94. The van der Waals surface area contributed by atoms with E-state index in [0.29, 0.717) is 17.3 Å². The molecule has 0 aromatic heterocycles. The zero-order chi connectivity index (χ0) is 18.6. The summed E-state index contributed by atoms with van der Waals surface area (Å²) in [5.74, 6) is 1.31. The number of carbonyl (C=O) groups is 1. The van der Waals surface area contributed by atoms with Crippen LogP contribution in [0.4, 0.5) is 0 Å². The summed E-state index contributed by atoms with van der Waals surface area (Å²) in [6.07, 6.45) is 0.722. The summed E-state index contributed by atoms with van der Waals surface area (Å²) in [5, 5.41) is 10.7. The number of carbonyl (C=O) groups excluding carboxylic acids is 1. The van der Waals surface area contributed by atoms with Crippen LogP contribution in [0.3, 0.4) is 0 Å². The highest BCUT2D eigenvalue weighted by Gasteiger charge is 2.11. The Morgan fingerprint density at radius 3 is 2.56 bits per heavy atom. The van der Waals surface area contributed by atoms with Crippen LogP contribution in [0.25, 0.3) is 0 Å². The minimum atomic E-state index is -0.308. The van der Waals surface area contributed by atoms with Gasteiger partial charge in [0.05, 0.1) is 5.75 Å². The number of hydrogen-bond acceptors (Lipinski definition) is 3. The predicted octanol–water partition coefficient (Wildman–Crippen LogP) is 4.79. The fraction of sp³-hybridized carbons (Fsp3) is 0.350. The average Bonchev–Trinajstić information content (AvgIpc) is 2.51. The highest BCUT2D eigenvalue weighted by atomic mass is 35.5. The topological polar surface area (TPSA) is 63.3 Å². The van der Waals surface area contributed by atoms with Crippen molar-refractivity contribution in [1.82, 2.24) is 0 Å². The van der Waals surface area contributed by atoms with Gasteiger partial charge in [0.1, 0.15) is 5.75 Å². The Morgan fingerprint density at radius 2 is 1.96 bits per heavy atom. The number of aryl methyl sites for hydroxylation is 1. The van der Waals surface area contributed by atoms with Crippen LogP contribution in [0.2, 0.25) is 5.02 Å². The molecule has 0 aliphatic heterocycles. The summed E-state index contributed by atoms with van der Waals surface area (Å²) in [6, 6.07) is 9.81. The third-order valence-corrected chi connectivity index (χ3v) is 5.45. The number of aromatic hydroxyl groups is 1. The van der Waals surface area contributed by atoms with Gasteiger partial charge in [-0.1, -0.05) is 43.6 Å². The van der Waals surface area contributed by atoms with Gasteiger partial charge in [-0.15, -0.1) is 11.8 Å². The summed E-state index contributed by atoms with van der Waals surface area (Å²) >= 11 is 8.00. The smallest absolute Gasteiger partial charge is 0.227 e. The van der Waals surface area contributed by atoms with E-state index in [-0.39, 0.29) is 11.8 Å². The van der Waals surface area contributed by atoms with Crippen molar-refractivity contribution in [3.63, 3.8) is 0 Å². The highest BCUT2D eigenvalue weighted by molar-refractivity contribution is 7.99. The Bertz CT molecular complexity index is 751. The van der Waals surface area contributed by atoms with Gasteiger partial charge in [0.15, 0.2) is 0 Å². The van der Waals surface area contributed by atoms with Gasteiger partial charge in [-0.3, -0.25) is 4.79 Å². The maximum Gasteiger partial charge on any atom is 0.227 e. The lowest BCUT2D eigenvalue weighted by molar-refractivity contribution is -0.115. The Labute approximate surface area is 158 Å². The first-order valence-electron chi connectivity index (χ1n) is 8.23. The molecule has 3 N–H and O–H groups in total. The van der Waals surface area contributed by atoms with E-state index < -0.39 is 0 Å². The first-order chi connectivity index (χ1) is 11.8. The van der Waals surface area contributed by atoms with E-state index in [1.807, 2.05) is 25.1 Å². The predicted molar refractivity (Wildman–Crippen MR) is 107 cm³/mol. The van der Waals surface area contributed by atoms with Crippen LogP contribution in [0.5, 0.6) is 5.75 Å². The van der Waals surface area contributed by atoms with Crippen molar-refractivity contribution in [2.75, 3.05) is 5.75 Å². The molecule has 0 unspecified atom stereocenters. The Balaban J connectivity index is 2.20. The maximum absolute atomic E-state index is 10.8. The molecule has 3 nitrogen and oxygen atoms in total. The molecule has 0 radical (unpaired) electrons. The van der Waals surface area contributed by atoms with Gasteiger partial charge >= 0.3 is 0 Å². The summed E-state index contributed by atoms with van der Waals surface area (Å²) in [4.78, 5) is 10.8. The largest absolute Gasteiger partial charge is 0.508 e. The average molecular weight is 378 g/mol. The van der Waals surface area contributed by atoms with Crippen molar-refractivity contribution >= 4 is 29.3 Å². The molecular weight excluding hydrogens is 354 g/mol. The molecule has 2 rings (SSSR count). The molecule has 0 bridgehead atoms. The minimum Gasteiger partial charge on any atom is -0.508 e. The lowest BCUT2D eigenvalue weighted by Gasteiger charge is -2.14. The molecule has 5 heteroatoms. The Kier molecular flexibility index (Phi) is 6.79. The second-order valence-electron chi connectivity index (χ2n) is 6.56. The molecule has 0 saturated carbocycles. The van der Waals surface area contributed by atoms with Gasteiger partial charge in [0, 0.05) is 10.8 Å². The fourth-order valence-corrected chi connectivity index (χ4v) is 3.86. The molecule has 0 aliphatic carbocycles. The second kappa shape index (κ2) is 8.63. The molecule has 134 valence electrons. The van der Waals surface area contributed by atoms with Gasteiger partial charge in [0.25, 0.3) is 0 Å². The van der Waals surface area contributed by atoms with Crippen LogP contribution < -0.4 is 5.73 Å². The zero-order valence-electron chi connectivity index (χ0n) is 14.8. The number of nitrogens with two attached hydrogens (primary N) is 1. The summed E-state index contributed by atoms with van der Waals surface area (Å²) in [7, 11) is 0. The van der Waals surface area contributed by atoms with E-state index in [4.69, 9.17) is 17.3 Å². The van der Waals surface area contributed by atoms with Crippen LogP contribution in [0, 0.1) is 6.92 Å². The normalized spacial score (nSPS) is 11.1. The first-order valence-corrected chi connectivity index (χ1v) is 9.77. The molecule has 1 amide bonds. The molecule has 0 spiro atoms. The van der Waals surface area contributed by atoms with Crippen LogP contribution in [0.15, 0.2) is 30.3 Å². The van der Waals surface area contributed by atoms with E-state index >= 15 is 0 Å². The van der Waals surface area contributed by atoms with E-state index in [2.05, 4.69) is 19.9 Å². The third kappa shape index (κ3) is 5.41. The van der Waals surface area contributed by atoms with Gasteiger partial charge < -0.3 is 10.8 Å². The molecule has 0 aliphatic rings. The summed E-state index contributed by atoms with van der Waals surface area (Å²) < 4.78 is 0. The zero-order valence-corrected chi connectivity index (χ0v) is 16.4. The molecule has 0 atom stereocenters. The number of halogens is 1. The van der Waals surface area contributed by atoms with Gasteiger partial charge in [-0.2, -0.15) is 0 Å². The number of hydrogen-bond donors (Lipinski definition) is 2. The van der Waals surface area contributed by atoms with E-state index in [1.54, 1.807) is 6.07 Å². The number of phenolic OH excluding ortho intramolecular Hbond substituents is 1. The molecule has 2 aromatic carbocycles. The van der Waals surface area contributed by atoms with Gasteiger partial charge in [0.2, 0.25) is 5.91 Å². The minimum absolute atomic E-state index is 0.265. The quantitative estimate of drug-likeness (QED) is 0.729. The van der Waals surface area contributed by atoms with E-state index in [0.717, 1.165) is 39.3 Å². The van der Waals surface area contributed by atoms with Crippen molar-refractivity contribution < 1.29 is 9.90 Å². The second-order valence-corrected chi connectivity index (χ2v) is 7.95. The lowest BCUT2D eigenvalue weighted by Crippen LogP contribution is -2.13. The van der Waals surface area contributed by atoms with Crippen LogP contribution >= 0.6 is 23.4 Å². The number of thioether (sulfide) groups is 1. The van der Waals surface area contributed by atoms with Crippen molar-refractivity contribution in [3.05, 3.63) is 63.2 Å². The summed E-state index contributed by atoms with van der Waals surface area (Å²) in [6.45, 7) is 6.18. The number of phenols is 1. The van der Waals surface area contributed by atoms with Crippen molar-refractivity contribution in [2.24, 2.45) is 5.73 Å². The van der Waals surface area contributed by atoms with Crippen LogP contribution in [0.1, 0.15) is 47.6 Å². The third-order valence-electron chi connectivity index (χ3n) is 4.09. The Morgan fingerprint density at radius 1 is 1.24 bits per heavy atom. The number of primary amides is 1. The van der Waals surface area contributed by atoms with Crippen LogP contribution in [-0.2, 0) is 17.0 Å². The van der Waals surface area contributed by atoms with Crippen molar-refractivity contribution in [1.29, 1.82) is 0 Å². The van der Waals surface area contributed by atoms with E-state index in [1.165, 1.54) is 11.8 Å². The van der Waals surface area contributed by atoms with Crippen LogP contribution in [-0.4, -0.2) is 16.8 Å². The maximum atomic E-state index is 10.8.